The quantitative estimate of drug-likeness (QED) is 0.597. The summed E-state index contributed by atoms with van der Waals surface area (Å²) in [7, 11) is 0. The summed E-state index contributed by atoms with van der Waals surface area (Å²) in [5.41, 5.74) is 0. The van der Waals surface area contributed by atoms with Crippen molar-refractivity contribution in [2.75, 3.05) is 0 Å². The van der Waals surface area contributed by atoms with Gasteiger partial charge in [-0.1, -0.05) is 0 Å². The van der Waals surface area contributed by atoms with Crippen molar-refractivity contribution in [3.63, 3.8) is 0 Å². The van der Waals surface area contributed by atoms with Crippen LogP contribution in [0.2, 0.25) is 0 Å². The van der Waals surface area contributed by atoms with Crippen molar-refractivity contribution in [3.05, 3.63) is 0 Å². The highest BCUT2D eigenvalue weighted by Gasteiger charge is 2.77. The van der Waals surface area contributed by atoms with Crippen LogP contribution in [0.25, 0.3) is 0 Å². The molecule has 4 aliphatic rings. The van der Waals surface area contributed by atoms with Crippen molar-refractivity contribution in [1.82, 2.24) is 0 Å². The molecular formula is C11H16O4. The third-order valence-corrected chi connectivity index (χ3v) is 5.05. The number of aliphatic hydroxyl groups excluding tert-OH is 1. The molecule has 4 rings (SSSR count). The standard InChI is InChI=1S/C11H16O4/c1-10(13)6-4-3-5-7(6)11(2,15-10)14-9(5)8(4)12/h4-9,12-13H,3H2,1-2H3/t4?,5?,6?,7?,8-,9?,10+,11?/m0/s1. The zero-order chi connectivity index (χ0) is 10.6. The Balaban J connectivity index is 1.90. The van der Waals surface area contributed by atoms with E-state index in [0.29, 0.717) is 5.92 Å². The Morgan fingerprint density at radius 2 is 1.93 bits per heavy atom. The third kappa shape index (κ3) is 0.751. The number of hydrogen-bond acceptors (Lipinski definition) is 4. The highest BCUT2D eigenvalue weighted by atomic mass is 16.8. The molecule has 2 saturated carbocycles. The topological polar surface area (TPSA) is 58.9 Å². The maximum absolute atomic E-state index is 10.3. The minimum atomic E-state index is -1.13. The fraction of sp³-hybridized carbons (Fsp3) is 1.00. The Morgan fingerprint density at radius 3 is 2.67 bits per heavy atom. The van der Waals surface area contributed by atoms with Gasteiger partial charge in [-0.3, -0.25) is 0 Å². The molecule has 8 atom stereocenters. The van der Waals surface area contributed by atoms with Gasteiger partial charge in [-0.25, -0.2) is 0 Å². The Bertz CT molecular complexity index is 341. The molecule has 2 aliphatic heterocycles. The Kier molecular flexibility index (Phi) is 1.26. The SMILES string of the molecule is CC12OC3C4CC(C(C41)[C@](C)(O)O2)[C@@H]3O. The summed E-state index contributed by atoms with van der Waals surface area (Å²) in [5, 5.41) is 20.3. The van der Waals surface area contributed by atoms with E-state index in [1.54, 1.807) is 6.92 Å². The molecular weight excluding hydrogens is 196 g/mol. The Hall–Kier alpha value is -0.160. The van der Waals surface area contributed by atoms with E-state index < -0.39 is 17.7 Å². The molecule has 4 nitrogen and oxygen atoms in total. The molecule has 4 fully saturated rings. The predicted octanol–water partition coefficient (Wildman–Crippen LogP) is 0.0831. The minimum Gasteiger partial charge on any atom is -0.390 e. The molecule has 2 N–H and O–H groups in total. The van der Waals surface area contributed by atoms with E-state index >= 15 is 0 Å². The van der Waals surface area contributed by atoms with E-state index in [1.807, 2.05) is 6.92 Å². The zero-order valence-corrected chi connectivity index (χ0v) is 8.88. The lowest BCUT2D eigenvalue weighted by Crippen LogP contribution is -2.46. The lowest BCUT2D eigenvalue weighted by molar-refractivity contribution is -0.317. The van der Waals surface area contributed by atoms with Gasteiger partial charge < -0.3 is 19.7 Å². The second-order valence-corrected chi connectivity index (χ2v) is 5.86. The van der Waals surface area contributed by atoms with E-state index in [0.717, 1.165) is 6.42 Å². The molecule has 2 heterocycles. The summed E-state index contributed by atoms with van der Waals surface area (Å²) in [6, 6.07) is 0. The molecule has 2 saturated heterocycles. The van der Waals surface area contributed by atoms with Gasteiger partial charge in [-0.05, 0) is 32.1 Å². The first-order chi connectivity index (χ1) is 6.94. The van der Waals surface area contributed by atoms with Gasteiger partial charge in [-0.2, -0.15) is 0 Å². The van der Waals surface area contributed by atoms with E-state index in [9.17, 15) is 10.2 Å². The smallest absolute Gasteiger partial charge is 0.173 e. The third-order valence-electron chi connectivity index (χ3n) is 5.05. The normalized spacial score (nSPS) is 74.4. The van der Waals surface area contributed by atoms with Crippen LogP contribution in [0.3, 0.4) is 0 Å². The predicted molar refractivity (Wildman–Crippen MR) is 49.6 cm³/mol. The van der Waals surface area contributed by atoms with Gasteiger partial charge in [-0.15, -0.1) is 0 Å². The van der Waals surface area contributed by atoms with Crippen molar-refractivity contribution < 1.29 is 19.7 Å². The molecule has 0 spiro atoms. The summed E-state index contributed by atoms with van der Waals surface area (Å²) < 4.78 is 11.5. The van der Waals surface area contributed by atoms with Gasteiger partial charge in [0.25, 0.3) is 0 Å². The van der Waals surface area contributed by atoms with Crippen LogP contribution in [-0.4, -0.2) is 34.0 Å². The summed E-state index contributed by atoms with van der Waals surface area (Å²) >= 11 is 0. The number of hydrogen-bond donors (Lipinski definition) is 2. The van der Waals surface area contributed by atoms with Crippen molar-refractivity contribution >= 4 is 0 Å². The fourth-order valence-corrected chi connectivity index (χ4v) is 4.85. The molecule has 0 aromatic heterocycles. The number of ether oxygens (including phenoxy) is 2. The molecule has 0 aromatic carbocycles. The molecule has 0 amide bonds. The minimum absolute atomic E-state index is 0.0428. The van der Waals surface area contributed by atoms with Crippen LogP contribution in [0.1, 0.15) is 20.3 Å². The fourth-order valence-electron chi connectivity index (χ4n) is 4.85. The summed E-state index contributed by atoms with van der Waals surface area (Å²) in [4.78, 5) is 0. The molecule has 2 aliphatic carbocycles. The van der Waals surface area contributed by atoms with Crippen molar-refractivity contribution in [1.29, 1.82) is 0 Å². The Morgan fingerprint density at radius 1 is 1.20 bits per heavy atom. The molecule has 0 radical (unpaired) electrons. The molecule has 4 heteroatoms. The highest BCUT2D eigenvalue weighted by molar-refractivity contribution is 5.19. The van der Waals surface area contributed by atoms with Crippen LogP contribution >= 0.6 is 0 Å². The van der Waals surface area contributed by atoms with E-state index in [1.165, 1.54) is 0 Å². The van der Waals surface area contributed by atoms with Gasteiger partial charge in [0.1, 0.15) is 0 Å². The average Bonchev–Trinajstić information content (AvgIpc) is 2.70. The van der Waals surface area contributed by atoms with Gasteiger partial charge in [0.05, 0.1) is 12.2 Å². The molecule has 2 bridgehead atoms. The first kappa shape index (κ1) is 8.93. The maximum Gasteiger partial charge on any atom is 0.173 e. The molecule has 0 aromatic rings. The largest absolute Gasteiger partial charge is 0.390 e. The van der Waals surface area contributed by atoms with Crippen LogP contribution in [0.15, 0.2) is 0 Å². The number of rotatable bonds is 0. The lowest BCUT2D eigenvalue weighted by Gasteiger charge is -2.35. The molecule has 15 heavy (non-hydrogen) atoms. The second-order valence-electron chi connectivity index (χ2n) is 5.86. The van der Waals surface area contributed by atoms with Crippen LogP contribution < -0.4 is 0 Å². The second kappa shape index (κ2) is 2.12. The zero-order valence-electron chi connectivity index (χ0n) is 8.88. The summed E-state index contributed by atoms with van der Waals surface area (Å²) in [6.07, 6.45) is 0.516. The highest BCUT2D eigenvalue weighted by Crippen LogP contribution is 2.69. The van der Waals surface area contributed by atoms with E-state index in [2.05, 4.69) is 0 Å². The van der Waals surface area contributed by atoms with Crippen LogP contribution in [0.4, 0.5) is 0 Å². The van der Waals surface area contributed by atoms with Gasteiger partial charge in [0.15, 0.2) is 11.6 Å². The van der Waals surface area contributed by atoms with Gasteiger partial charge >= 0.3 is 0 Å². The van der Waals surface area contributed by atoms with E-state index in [-0.39, 0.29) is 23.9 Å². The van der Waals surface area contributed by atoms with Crippen molar-refractivity contribution in [2.24, 2.45) is 23.7 Å². The number of fused-ring (bicyclic) bond motifs is 2. The summed E-state index contributed by atoms with van der Waals surface area (Å²) in [5.74, 6) is -0.952. The summed E-state index contributed by atoms with van der Waals surface area (Å²) in [6.45, 7) is 3.60. The lowest BCUT2D eigenvalue weighted by atomic mass is 9.74. The average molecular weight is 212 g/mol. The van der Waals surface area contributed by atoms with E-state index in [4.69, 9.17) is 9.47 Å². The monoisotopic (exact) mass is 212 g/mol. The van der Waals surface area contributed by atoms with Gasteiger partial charge in [0.2, 0.25) is 0 Å². The first-order valence-corrected chi connectivity index (χ1v) is 5.72. The maximum atomic E-state index is 10.3. The van der Waals surface area contributed by atoms with Crippen LogP contribution in [0.5, 0.6) is 0 Å². The van der Waals surface area contributed by atoms with Crippen LogP contribution in [-0.2, 0) is 9.47 Å². The van der Waals surface area contributed by atoms with Gasteiger partial charge in [0, 0.05) is 11.8 Å². The number of aliphatic hydroxyl groups is 2. The van der Waals surface area contributed by atoms with Crippen molar-refractivity contribution in [2.45, 2.75) is 44.1 Å². The Labute approximate surface area is 88.2 Å². The van der Waals surface area contributed by atoms with Crippen molar-refractivity contribution in [3.8, 4) is 0 Å². The van der Waals surface area contributed by atoms with Crippen LogP contribution in [0, 0.1) is 23.7 Å². The molecule has 84 valence electrons. The first-order valence-electron chi connectivity index (χ1n) is 5.72. The molecule has 6 unspecified atom stereocenters.